The molecule has 1 aromatic carbocycles. The van der Waals surface area contributed by atoms with Gasteiger partial charge in [-0.2, -0.15) is 0 Å². The van der Waals surface area contributed by atoms with E-state index in [4.69, 9.17) is 0 Å². The molecule has 1 rings (SSSR count). The summed E-state index contributed by atoms with van der Waals surface area (Å²) in [7, 11) is 0. The van der Waals surface area contributed by atoms with Crippen molar-refractivity contribution in [3.05, 3.63) is 35.4 Å². The molecule has 0 aliphatic heterocycles. The predicted molar refractivity (Wildman–Crippen MR) is 60.4 cm³/mol. The number of hydrogen-bond acceptors (Lipinski definition) is 4. The van der Waals surface area contributed by atoms with E-state index in [-0.39, 0.29) is 5.56 Å². The van der Waals surface area contributed by atoms with Crippen molar-refractivity contribution in [1.29, 1.82) is 0 Å². The Bertz CT molecular complexity index is 327. The summed E-state index contributed by atoms with van der Waals surface area (Å²) in [4.78, 5) is 10.6. The second-order valence-corrected chi connectivity index (χ2v) is 3.07. The molecule has 1 aromatic rings. The zero-order valence-electron chi connectivity index (χ0n) is 10.0. The molecule has 90 valence electrons. The second-order valence-electron chi connectivity index (χ2n) is 3.07. The van der Waals surface area contributed by atoms with Crippen LogP contribution in [0.3, 0.4) is 0 Å². The van der Waals surface area contributed by atoms with Gasteiger partial charge in [0.1, 0.15) is 0 Å². The van der Waals surface area contributed by atoms with Crippen LogP contribution < -0.4 is 0 Å². The van der Waals surface area contributed by atoms with E-state index in [1.807, 2.05) is 20.8 Å². The number of aliphatic hydroxyl groups is 2. The lowest BCUT2D eigenvalue weighted by atomic mass is 10.1. The zero-order chi connectivity index (χ0) is 12.8. The van der Waals surface area contributed by atoms with Gasteiger partial charge in [0.05, 0.1) is 5.56 Å². The SMILES string of the molecule is CC.CC(=O)OC(O)(O)c1ccc(C)cc1. The minimum Gasteiger partial charge on any atom is -0.404 e. The molecule has 0 saturated heterocycles. The van der Waals surface area contributed by atoms with Crippen molar-refractivity contribution in [2.45, 2.75) is 33.7 Å². The molecule has 0 spiro atoms. The number of esters is 1. The zero-order valence-corrected chi connectivity index (χ0v) is 10.0. The molecule has 0 aliphatic rings. The first kappa shape index (κ1) is 14.6. The van der Waals surface area contributed by atoms with Crippen LogP contribution >= 0.6 is 0 Å². The first-order chi connectivity index (χ1) is 7.42. The smallest absolute Gasteiger partial charge is 0.353 e. The summed E-state index contributed by atoms with van der Waals surface area (Å²) in [6.45, 7) is 6.97. The molecule has 0 aliphatic carbocycles. The summed E-state index contributed by atoms with van der Waals surface area (Å²) in [5.41, 5.74) is 1.10. The summed E-state index contributed by atoms with van der Waals surface area (Å²) in [5.74, 6) is -3.30. The molecule has 0 bridgehead atoms. The molecule has 0 fully saturated rings. The number of benzene rings is 1. The van der Waals surface area contributed by atoms with Gasteiger partial charge in [-0.1, -0.05) is 31.5 Å². The highest BCUT2D eigenvalue weighted by molar-refractivity contribution is 5.66. The van der Waals surface area contributed by atoms with Crippen molar-refractivity contribution < 1.29 is 19.7 Å². The fourth-order valence-electron chi connectivity index (χ4n) is 1.03. The quantitative estimate of drug-likeness (QED) is 0.594. The molecule has 0 heterocycles. The fourth-order valence-corrected chi connectivity index (χ4v) is 1.03. The molecule has 16 heavy (non-hydrogen) atoms. The molecule has 2 N–H and O–H groups in total. The monoisotopic (exact) mass is 226 g/mol. The van der Waals surface area contributed by atoms with Crippen molar-refractivity contribution in [1.82, 2.24) is 0 Å². The second kappa shape index (κ2) is 6.25. The third-order valence-electron chi connectivity index (χ3n) is 1.71. The van der Waals surface area contributed by atoms with Gasteiger partial charge in [-0.25, -0.2) is 0 Å². The Morgan fingerprint density at radius 2 is 1.62 bits per heavy atom. The molecule has 0 atom stereocenters. The van der Waals surface area contributed by atoms with E-state index in [0.717, 1.165) is 12.5 Å². The predicted octanol–water partition coefficient (Wildman–Crippen LogP) is 1.68. The molecule has 0 aromatic heterocycles. The van der Waals surface area contributed by atoms with Crippen LogP contribution in [-0.2, 0) is 15.5 Å². The Hall–Kier alpha value is -1.39. The van der Waals surface area contributed by atoms with Gasteiger partial charge in [0.2, 0.25) is 0 Å². The van der Waals surface area contributed by atoms with Crippen LogP contribution in [0.2, 0.25) is 0 Å². The number of aryl methyl sites for hydroxylation is 1. The average Bonchev–Trinajstić information content (AvgIpc) is 2.19. The summed E-state index contributed by atoms with van der Waals surface area (Å²) in [6.07, 6.45) is 0. The van der Waals surface area contributed by atoms with Crippen molar-refractivity contribution in [3.63, 3.8) is 0 Å². The minimum absolute atomic E-state index is 0.123. The molecule has 0 unspecified atom stereocenters. The molecular weight excluding hydrogens is 208 g/mol. The van der Waals surface area contributed by atoms with Gasteiger partial charge in [0.25, 0.3) is 0 Å². The largest absolute Gasteiger partial charge is 0.404 e. The Morgan fingerprint density at radius 3 is 2.00 bits per heavy atom. The van der Waals surface area contributed by atoms with Crippen LogP contribution in [0.4, 0.5) is 0 Å². The average molecular weight is 226 g/mol. The minimum atomic E-state index is -2.54. The molecule has 0 radical (unpaired) electrons. The normalized spacial score (nSPS) is 10.1. The van der Waals surface area contributed by atoms with Crippen molar-refractivity contribution in [2.75, 3.05) is 0 Å². The van der Waals surface area contributed by atoms with Gasteiger partial charge in [0.15, 0.2) is 0 Å². The van der Waals surface area contributed by atoms with Crippen molar-refractivity contribution >= 4 is 5.97 Å². The van der Waals surface area contributed by atoms with Crippen LogP contribution in [0, 0.1) is 6.92 Å². The van der Waals surface area contributed by atoms with E-state index in [2.05, 4.69) is 4.74 Å². The number of ether oxygens (including phenoxy) is 1. The number of carbonyl (C=O) groups excluding carboxylic acids is 1. The Labute approximate surface area is 95.5 Å². The number of hydrogen-bond donors (Lipinski definition) is 2. The van der Waals surface area contributed by atoms with Crippen LogP contribution in [0.25, 0.3) is 0 Å². The van der Waals surface area contributed by atoms with Gasteiger partial charge in [-0.15, -0.1) is 0 Å². The van der Waals surface area contributed by atoms with Gasteiger partial charge >= 0.3 is 11.9 Å². The molecular formula is C12H18O4. The number of carbonyl (C=O) groups is 1. The third-order valence-corrected chi connectivity index (χ3v) is 1.71. The first-order valence-corrected chi connectivity index (χ1v) is 5.13. The van der Waals surface area contributed by atoms with E-state index in [0.29, 0.717) is 0 Å². The summed E-state index contributed by atoms with van der Waals surface area (Å²) in [6, 6.07) is 6.36. The molecule has 4 nitrogen and oxygen atoms in total. The highest BCUT2D eigenvalue weighted by atomic mass is 16.8. The molecule has 0 amide bonds. The lowest BCUT2D eigenvalue weighted by Gasteiger charge is -2.20. The lowest BCUT2D eigenvalue weighted by molar-refractivity contribution is -0.329. The maximum absolute atomic E-state index is 10.6. The van der Waals surface area contributed by atoms with E-state index in [1.165, 1.54) is 12.1 Å². The topological polar surface area (TPSA) is 66.8 Å². The fraction of sp³-hybridized carbons (Fsp3) is 0.417. The van der Waals surface area contributed by atoms with Gasteiger partial charge in [0, 0.05) is 6.92 Å². The van der Waals surface area contributed by atoms with E-state index in [9.17, 15) is 15.0 Å². The first-order valence-electron chi connectivity index (χ1n) is 5.13. The van der Waals surface area contributed by atoms with Crippen molar-refractivity contribution in [2.24, 2.45) is 0 Å². The highest BCUT2D eigenvalue weighted by Crippen LogP contribution is 2.19. The van der Waals surface area contributed by atoms with Gasteiger partial charge in [-0.05, 0) is 19.1 Å². The summed E-state index contributed by atoms with van der Waals surface area (Å²) >= 11 is 0. The third kappa shape index (κ3) is 4.42. The maximum atomic E-state index is 10.6. The summed E-state index contributed by atoms with van der Waals surface area (Å²) in [5, 5.41) is 18.7. The van der Waals surface area contributed by atoms with Crippen LogP contribution in [0.1, 0.15) is 31.9 Å². The Morgan fingerprint density at radius 1 is 1.19 bits per heavy atom. The molecule has 0 saturated carbocycles. The lowest BCUT2D eigenvalue weighted by Crippen LogP contribution is -2.30. The standard InChI is InChI=1S/C10H12O4.C2H6/c1-7-3-5-9(6-4-7)10(12,13)14-8(2)11;1-2/h3-6,12-13H,1-2H3;1-2H3. The van der Waals surface area contributed by atoms with Crippen LogP contribution in [0.15, 0.2) is 24.3 Å². The van der Waals surface area contributed by atoms with Crippen LogP contribution in [0.5, 0.6) is 0 Å². The van der Waals surface area contributed by atoms with Gasteiger partial charge < -0.3 is 14.9 Å². The van der Waals surface area contributed by atoms with Crippen LogP contribution in [-0.4, -0.2) is 16.2 Å². The van der Waals surface area contributed by atoms with Crippen molar-refractivity contribution in [3.8, 4) is 0 Å². The van der Waals surface area contributed by atoms with E-state index < -0.39 is 11.9 Å². The van der Waals surface area contributed by atoms with E-state index >= 15 is 0 Å². The summed E-state index contributed by atoms with van der Waals surface area (Å²) < 4.78 is 4.34. The Kier molecular flexibility index (Phi) is 5.71. The number of rotatable bonds is 2. The maximum Gasteiger partial charge on any atom is 0.353 e. The van der Waals surface area contributed by atoms with E-state index in [1.54, 1.807) is 12.1 Å². The Balaban J connectivity index is 0.00000106. The van der Waals surface area contributed by atoms with Gasteiger partial charge in [-0.3, -0.25) is 4.79 Å². The molecule has 4 heteroatoms. The highest BCUT2D eigenvalue weighted by Gasteiger charge is 2.29.